The standard InChI is InChI=1S/C20H17BrN4O2/c1-11-4-3-5-17-19(11)15(9-22)14(8-18(23)26)20(27)25(17)12(2)16-7-6-13(21)10-24-16/h3-7,10,12H,8H2,1-2H3,(H2,23,26)/t12-/m1/s1. The number of rotatable bonds is 4. The van der Waals surface area contributed by atoms with Gasteiger partial charge in [0, 0.05) is 21.6 Å². The molecule has 0 spiro atoms. The number of aromatic nitrogens is 2. The molecule has 2 aromatic heterocycles. The number of nitrogens with zero attached hydrogens (tertiary/aromatic N) is 3. The van der Waals surface area contributed by atoms with Gasteiger partial charge in [-0.25, -0.2) is 0 Å². The number of nitrogens with two attached hydrogens (primary N) is 1. The van der Waals surface area contributed by atoms with Crippen LogP contribution in [0.5, 0.6) is 0 Å². The van der Waals surface area contributed by atoms with Crippen molar-refractivity contribution >= 4 is 32.7 Å². The number of carbonyl (C=O) groups is 1. The van der Waals surface area contributed by atoms with Gasteiger partial charge < -0.3 is 5.73 Å². The summed E-state index contributed by atoms with van der Waals surface area (Å²) in [6.45, 7) is 3.73. The average Bonchev–Trinajstić information content (AvgIpc) is 2.63. The maximum absolute atomic E-state index is 13.3. The van der Waals surface area contributed by atoms with E-state index in [1.165, 1.54) is 0 Å². The van der Waals surface area contributed by atoms with Crippen molar-refractivity contribution < 1.29 is 4.79 Å². The SMILES string of the molecule is Cc1cccc2c1c(C#N)c(CC(N)=O)c(=O)n2[C@H](C)c1ccc(Br)cn1. The van der Waals surface area contributed by atoms with Crippen molar-refractivity contribution in [2.75, 3.05) is 0 Å². The van der Waals surface area contributed by atoms with Crippen molar-refractivity contribution in [2.24, 2.45) is 5.73 Å². The highest BCUT2D eigenvalue weighted by Gasteiger charge is 2.23. The lowest BCUT2D eigenvalue weighted by Gasteiger charge is -2.21. The van der Waals surface area contributed by atoms with Crippen LogP contribution in [-0.2, 0) is 11.2 Å². The number of aryl methyl sites for hydroxylation is 1. The zero-order valence-electron chi connectivity index (χ0n) is 14.9. The van der Waals surface area contributed by atoms with Crippen LogP contribution in [0.3, 0.4) is 0 Å². The van der Waals surface area contributed by atoms with E-state index in [0.717, 1.165) is 10.0 Å². The summed E-state index contributed by atoms with van der Waals surface area (Å²) in [4.78, 5) is 29.2. The molecular formula is C20H17BrN4O2. The van der Waals surface area contributed by atoms with Gasteiger partial charge in [-0.1, -0.05) is 12.1 Å². The molecule has 136 valence electrons. The lowest BCUT2D eigenvalue weighted by molar-refractivity contribution is -0.117. The summed E-state index contributed by atoms with van der Waals surface area (Å²) in [6.07, 6.45) is 1.38. The number of primary amides is 1. The molecule has 1 atom stereocenters. The zero-order valence-corrected chi connectivity index (χ0v) is 16.4. The Kier molecular flexibility index (Phi) is 5.10. The normalized spacial score (nSPS) is 11.9. The van der Waals surface area contributed by atoms with Crippen molar-refractivity contribution in [1.82, 2.24) is 9.55 Å². The Labute approximate surface area is 164 Å². The number of halogens is 1. The fourth-order valence-electron chi connectivity index (χ4n) is 3.30. The number of fused-ring (bicyclic) bond motifs is 1. The Bertz CT molecular complexity index is 1140. The third kappa shape index (κ3) is 3.36. The highest BCUT2D eigenvalue weighted by molar-refractivity contribution is 9.10. The van der Waals surface area contributed by atoms with Crippen LogP contribution in [0, 0.1) is 18.3 Å². The Morgan fingerprint density at radius 3 is 2.70 bits per heavy atom. The molecule has 0 aliphatic heterocycles. The summed E-state index contributed by atoms with van der Waals surface area (Å²) in [7, 11) is 0. The molecule has 6 nitrogen and oxygen atoms in total. The summed E-state index contributed by atoms with van der Waals surface area (Å²) in [6, 6.07) is 10.9. The average molecular weight is 425 g/mol. The van der Waals surface area contributed by atoms with Gasteiger partial charge in [-0.3, -0.25) is 19.1 Å². The molecule has 7 heteroatoms. The minimum atomic E-state index is -0.655. The lowest BCUT2D eigenvalue weighted by Crippen LogP contribution is -2.31. The number of carbonyl (C=O) groups excluding carboxylic acids is 1. The number of hydrogen-bond acceptors (Lipinski definition) is 4. The topological polar surface area (TPSA) is 102 Å². The van der Waals surface area contributed by atoms with Crippen molar-refractivity contribution in [3.05, 3.63) is 73.7 Å². The molecule has 1 amide bonds. The van der Waals surface area contributed by atoms with Crippen molar-refractivity contribution in [2.45, 2.75) is 26.3 Å². The van der Waals surface area contributed by atoms with E-state index in [-0.39, 0.29) is 17.5 Å². The second-order valence-electron chi connectivity index (χ2n) is 6.33. The molecule has 0 saturated heterocycles. The Balaban J connectivity index is 2.41. The fourth-order valence-corrected chi connectivity index (χ4v) is 3.54. The minimum absolute atomic E-state index is 0.121. The number of hydrogen-bond donors (Lipinski definition) is 1. The molecule has 3 aromatic rings. The van der Waals surface area contributed by atoms with Gasteiger partial charge in [0.1, 0.15) is 6.07 Å². The molecule has 0 saturated carbocycles. The van der Waals surface area contributed by atoms with E-state index in [2.05, 4.69) is 27.0 Å². The van der Waals surface area contributed by atoms with E-state index in [1.807, 2.05) is 38.1 Å². The maximum Gasteiger partial charge on any atom is 0.256 e. The fraction of sp³-hybridized carbons (Fsp3) is 0.200. The number of nitriles is 1. The smallest absolute Gasteiger partial charge is 0.256 e. The van der Waals surface area contributed by atoms with Crippen LogP contribution in [0.4, 0.5) is 0 Å². The molecule has 27 heavy (non-hydrogen) atoms. The molecule has 0 radical (unpaired) electrons. The minimum Gasteiger partial charge on any atom is -0.369 e. The number of amides is 1. The molecule has 1 aromatic carbocycles. The molecular weight excluding hydrogens is 408 g/mol. The monoisotopic (exact) mass is 424 g/mol. The summed E-state index contributed by atoms with van der Waals surface area (Å²) in [5.41, 5.74) is 7.43. The quantitative estimate of drug-likeness (QED) is 0.694. The van der Waals surface area contributed by atoms with Crippen LogP contribution in [0.1, 0.15) is 35.3 Å². The number of benzene rings is 1. The first-order valence-electron chi connectivity index (χ1n) is 8.31. The summed E-state index contributed by atoms with van der Waals surface area (Å²) in [5, 5.41) is 10.3. The van der Waals surface area contributed by atoms with Crippen molar-refractivity contribution in [3.8, 4) is 6.07 Å². The molecule has 0 bridgehead atoms. The molecule has 0 fully saturated rings. The van der Waals surface area contributed by atoms with Crippen molar-refractivity contribution in [1.29, 1.82) is 5.26 Å². The van der Waals surface area contributed by atoms with Crippen LogP contribution >= 0.6 is 15.9 Å². The number of pyridine rings is 2. The van der Waals surface area contributed by atoms with Crippen LogP contribution in [0.2, 0.25) is 0 Å². The molecule has 0 unspecified atom stereocenters. The van der Waals surface area contributed by atoms with E-state index in [9.17, 15) is 14.9 Å². The first kappa shape index (κ1) is 18.8. The predicted molar refractivity (Wildman–Crippen MR) is 106 cm³/mol. The van der Waals surface area contributed by atoms with E-state index in [1.54, 1.807) is 16.8 Å². The van der Waals surface area contributed by atoms with Gasteiger partial charge in [0.05, 0.1) is 29.2 Å². The maximum atomic E-state index is 13.3. The molecule has 2 heterocycles. The molecule has 3 rings (SSSR count). The van der Waals surface area contributed by atoms with Gasteiger partial charge in [-0.15, -0.1) is 0 Å². The summed E-state index contributed by atoms with van der Waals surface area (Å²) >= 11 is 3.35. The van der Waals surface area contributed by atoms with E-state index in [0.29, 0.717) is 16.6 Å². The summed E-state index contributed by atoms with van der Waals surface area (Å²) in [5.74, 6) is -0.655. The molecule has 2 N–H and O–H groups in total. The highest BCUT2D eigenvalue weighted by atomic mass is 79.9. The molecule has 0 aliphatic carbocycles. The Hall–Kier alpha value is -2.98. The van der Waals surface area contributed by atoms with Gasteiger partial charge in [-0.05, 0) is 53.5 Å². The largest absolute Gasteiger partial charge is 0.369 e. The van der Waals surface area contributed by atoms with Gasteiger partial charge >= 0.3 is 0 Å². The second kappa shape index (κ2) is 7.33. The Morgan fingerprint density at radius 2 is 2.11 bits per heavy atom. The highest BCUT2D eigenvalue weighted by Crippen LogP contribution is 2.27. The van der Waals surface area contributed by atoms with E-state index < -0.39 is 17.5 Å². The lowest BCUT2D eigenvalue weighted by atomic mass is 9.97. The Morgan fingerprint density at radius 1 is 1.37 bits per heavy atom. The first-order valence-corrected chi connectivity index (χ1v) is 9.11. The van der Waals surface area contributed by atoms with Gasteiger partial charge in [-0.2, -0.15) is 5.26 Å². The molecule has 0 aliphatic rings. The summed E-state index contributed by atoms with van der Waals surface area (Å²) < 4.78 is 2.42. The zero-order chi connectivity index (χ0) is 19.7. The first-order chi connectivity index (χ1) is 12.8. The van der Waals surface area contributed by atoms with Crippen molar-refractivity contribution in [3.63, 3.8) is 0 Å². The van der Waals surface area contributed by atoms with Crippen LogP contribution < -0.4 is 11.3 Å². The van der Waals surface area contributed by atoms with Crippen LogP contribution in [0.15, 0.2) is 45.8 Å². The van der Waals surface area contributed by atoms with Gasteiger partial charge in [0.15, 0.2) is 0 Å². The second-order valence-corrected chi connectivity index (χ2v) is 7.25. The van der Waals surface area contributed by atoms with E-state index >= 15 is 0 Å². The van der Waals surface area contributed by atoms with Crippen LogP contribution in [0.25, 0.3) is 10.9 Å². The third-order valence-corrected chi connectivity index (χ3v) is 5.04. The van der Waals surface area contributed by atoms with E-state index in [4.69, 9.17) is 5.73 Å². The van der Waals surface area contributed by atoms with Crippen LogP contribution in [-0.4, -0.2) is 15.5 Å². The predicted octanol–water partition coefficient (Wildman–Crippen LogP) is 2.98. The van der Waals surface area contributed by atoms with Gasteiger partial charge in [0.25, 0.3) is 5.56 Å². The van der Waals surface area contributed by atoms with Gasteiger partial charge in [0.2, 0.25) is 5.91 Å². The third-order valence-electron chi connectivity index (χ3n) is 4.57.